The maximum Gasteiger partial charge on any atom is 0.287 e. The van der Waals surface area contributed by atoms with E-state index in [0.717, 1.165) is 0 Å². The summed E-state index contributed by atoms with van der Waals surface area (Å²) in [5, 5.41) is 26.1. The standard InChI is InChI=1S/C11H9N5O3/c1-7-14-11(19-15-7)6-13-9-2-3-10(16(17)18)8(4-9)5-12/h2-4,13H,6H2,1H3. The Kier molecular flexibility index (Phi) is 3.38. The van der Waals surface area contributed by atoms with Crippen molar-refractivity contribution >= 4 is 11.4 Å². The van der Waals surface area contributed by atoms with E-state index in [4.69, 9.17) is 9.78 Å². The number of nitro benzene ring substituents is 1. The number of hydrogen-bond donors (Lipinski definition) is 1. The lowest BCUT2D eigenvalue weighted by Crippen LogP contribution is -2.01. The lowest BCUT2D eigenvalue weighted by atomic mass is 10.2. The maximum absolute atomic E-state index is 10.7. The van der Waals surface area contributed by atoms with Gasteiger partial charge in [0.2, 0.25) is 5.89 Å². The van der Waals surface area contributed by atoms with Crippen molar-refractivity contribution < 1.29 is 9.45 Å². The quantitative estimate of drug-likeness (QED) is 0.656. The minimum Gasteiger partial charge on any atom is -0.376 e. The minimum absolute atomic E-state index is 0.00305. The highest BCUT2D eigenvalue weighted by atomic mass is 16.6. The Morgan fingerprint density at radius 3 is 2.95 bits per heavy atom. The van der Waals surface area contributed by atoms with Gasteiger partial charge in [0, 0.05) is 11.8 Å². The summed E-state index contributed by atoms with van der Waals surface area (Å²) in [6.07, 6.45) is 0. The van der Waals surface area contributed by atoms with Crippen LogP contribution >= 0.6 is 0 Å². The zero-order chi connectivity index (χ0) is 13.8. The van der Waals surface area contributed by atoms with Crippen LogP contribution in [0.2, 0.25) is 0 Å². The number of aryl methyl sites for hydroxylation is 1. The van der Waals surface area contributed by atoms with Crippen LogP contribution in [0, 0.1) is 28.4 Å². The minimum atomic E-state index is -0.594. The number of nitriles is 1. The van der Waals surface area contributed by atoms with Crippen molar-refractivity contribution in [2.45, 2.75) is 13.5 Å². The SMILES string of the molecule is Cc1noc(CNc2ccc([N+](=O)[O-])c(C#N)c2)n1. The van der Waals surface area contributed by atoms with Crippen molar-refractivity contribution in [1.29, 1.82) is 5.26 Å². The van der Waals surface area contributed by atoms with Crippen LogP contribution in [0.15, 0.2) is 22.7 Å². The molecular weight excluding hydrogens is 250 g/mol. The third kappa shape index (κ3) is 2.84. The molecule has 8 heteroatoms. The van der Waals surface area contributed by atoms with Gasteiger partial charge in [-0.3, -0.25) is 10.1 Å². The second-order valence-corrected chi connectivity index (χ2v) is 3.69. The summed E-state index contributed by atoms with van der Waals surface area (Å²) in [5.41, 5.74) is 0.344. The molecule has 1 aromatic carbocycles. The normalized spacial score (nSPS) is 9.89. The number of aromatic nitrogens is 2. The molecule has 1 heterocycles. The number of anilines is 1. The average Bonchev–Trinajstić information content (AvgIpc) is 2.81. The van der Waals surface area contributed by atoms with Crippen LogP contribution in [-0.2, 0) is 6.54 Å². The molecule has 0 spiro atoms. The van der Waals surface area contributed by atoms with Gasteiger partial charge < -0.3 is 9.84 Å². The van der Waals surface area contributed by atoms with Crippen molar-refractivity contribution in [3.05, 3.63) is 45.6 Å². The molecule has 2 aromatic rings. The Morgan fingerprint density at radius 2 is 2.37 bits per heavy atom. The fraction of sp³-hybridized carbons (Fsp3) is 0.182. The molecule has 0 saturated heterocycles. The van der Waals surface area contributed by atoms with Gasteiger partial charge in [-0.25, -0.2) is 0 Å². The van der Waals surface area contributed by atoms with Crippen LogP contribution in [0.4, 0.5) is 11.4 Å². The van der Waals surface area contributed by atoms with E-state index in [-0.39, 0.29) is 17.8 Å². The van der Waals surface area contributed by atoms with E-state index >= 15 is 0 Å². The van der Waals surface area contributed by atoms with E-state index in [1.807, 2.05) is 0 Å². The Bertz CT molecular complexity index is 659. The van der Waals surface area contributed by atoms with Crippen LogP contribution in [0.1, 0.15) is 17.3 Å². The molecule has 96 valence electrons. The average molecular weight is 259 g/mol. The second kappa shape index (κ2) is 5.14. The van der Waals surface area contributed by atoms with E-state index in [9.17, 15) is 10.1 Å². The summed E-state index contributed by atoms with van der Waals surface area (Å²) < 4.78 is 4.91. The third-order valence-electron chi connectivity index (χ3n) is 2.33. The topological polar surface area (TPSA) is 118 Å². The fourth-order valence-electron chi connectivity index (χ4n) is 1.48. The molecule has 0 aliphatic heterocycles. The van der Waals surface area contributed by atoms with Crippen molar-refractivity contribution in [1.82, 2.24) is 10.1 Å². The van der Waals surface area contributed by atoms with E-state index < -0.39 is 4.92 Å². The van der Waals surface area contributed by atoms with Crippen LogP contribution < -0.4 is 5.32 Å². The van der Waals surface area contributed by atoms with Gasteiger partial charge in [0.1, 0.15) is 11.6 Å². The lowest BCUT2D eigenvalue weighted by molar-refractivity contribution is -0.385. The predicted molar refractivity (Wildman–Crippen MR) is 64.2 cm³/mol. The van der Waals surface area contributed by atoms with Gasteiger partial charge >= 0.3 is 0 Å². The third-order valence-corrected chi connectivity index (χ3v) is 2.33. The first-order chi connectivity index (χ1) is 9.10. The largest absolute Gasteiger partial charge is 0.376 e. The first-order valence-corrected chi connectivity index (χ1v) is 5.32. The number of nitrogens with zero attached hydrogens (tertiary/aromatic N) is 4. The van der Waals surface area contributed by atoms with Crippen molar-refractivity contribution in [2.75, 3.05) is 5.32 Å². The van der Waals surface area contributed by atoms with E-state index in [0.29, 0.717) is 17.4 Å². The molecule has 1 N–H and O–H groups in total. The summed E-state index contributed by atoms with van der Waals surface area (Å²) in [5.74, 6) is 0.924. The van der Waals surface area contributed by atoms with E-state index in [2.05, 4.69) is 15.5 Å². The van der Waals surface area contributed by atoms with E-state index in [1.165, 1.54) is 18.2 Å². The second-order valence-electron chi connectivity index (χ2n) is 3.69. The number of nitrogens with one attached hydrogen (secondary N) is 1. The molecular formula is C11H9N5O3. The lowest BCUT2D eigenvalue weighted by Gasteiger charge is -2.03. The van der Waals surface area contributed by atoms with Crippen LogP contribution in [-0.4, -0.2) is 15.1 Å². The number of rotatable bonds is 4. The molecule has 0 fully saturated rings. The number of hydrogen-bond acceptors (Lipinski definition) is 7. The molecule has 0 aliphatic carbocycles. The summed E-state index contributed by atoms with van der Waals surface area (Å²) in [4.78, 5) is 14.1. The molecule has 0 saturated carbocycles. The molecule has 8 nitrogen and oxygen atoms in total. The van der Waals surface area contributed by atoms with E-state index in [1.54, 1.807) is 13.0 Å². The monoisotopic (exact) mass is 259 g/mol. The zero-order valence-electron chi connectivity index (χ0n) is 9.95. The van der Waals surface area contributed by atoms with Crippen LogP contribution in [0.5, 0.6) is 0 Å². The molecule has 0 unspecified atom stereocenters. The summed E-state index contributed by atoms with van der Waals surface area (Å²) in [6.45, 7) is 1.98. The number of nitro groups is 1. The molecule has 0 radical (unpaired) electrons. The Labute approximate surface area is 107 Å². The number of benzene rings is 1. The zero-order valence-corrected chi connectivity index (χ0v) is 9.95. The molecule has 0 amide bonds. The Balaban J connectivity index is 2.14. The Hall–Kier alpha value is -2.95. The van der Waals surface area contributed by atoms with Gasteiger partial charge in [0.05, 0.1) is 11.5 Å². The highest BCUT2D eigenvalue weighted by Gasteiger charge is 2.13. The maximum atomic E-state index is 10.7. The smallest absolute Gasteiger partial charge is 0.287 e. The van der Waals surface area contributed by atoms with Crippen LogP contribution in [0.3, 0.4) is 0 Å². The van der Waals surface area contributed by atoms with Crippen molar-refractivity contribution in [2.24, 2.45) is 0 Å². The van der Waals surface area contributed by atoms with Crippen LogP contribution in [0.25, 0.3) is 0 Å². The molecule has 0 aliphatic rings. The van der Waals surface area contributed by atoms with Gasteiger partial charge in [0.25, 0.3) is 5.69 Å². The van der Waals surface area contributed by atoms with Gasteiger partial charge in [-0.2, -0.15) is 10.2 Å². The summed E-state index contributed by atoms with van der Waals surface area (Å²) >= 11 is 0. The first-order valence-electron chi connectivity index (χ1n) is 5.32. The molecule has 0 atom stereocenters. The summed E-state index contributed by atoms with van der Waals surface area (Å²) in [6, 6.07) is 5.98. The first kappa shape index (κ1) is 12.5. The molecule has 0 bridgehead atoms. The van der Waals surface area contributed by atoms with Crippen molar-refractivity contribution in [3.8, 4) is 6.07 Å². The predicted octanol–water partition coefficient (Wildman–Crippen LogP) is 1.77. The highest BCUT2D eigenvalue weighted by molar-refractivity contribution is 5.58. The van der Waals surface area contributed by atoms with Crippen molar-refractivity contribution in [3.63, 3.8) is 0 Å². The van der Waals surface area contributed by atoms with Gasteiger partial charge in [0.15, 0.2) is 5.82 Å². The fourth-order valence-corrected chi connectivity index (χ4v) is 1.48. The van der Waals surface area contributed by atoms with Gasteiger partial charge in [-0.15, -0.1) is 0 Å². The van der Waals surface area contributed by atoms with Gasteiger partial charge in [-0.05, 0) is 19.1 Å². The Morgan fingerprint density at radius 1 is 1.58 bits per heavy atom. The van der Waals surface area contributed by atoms with Gasteiger partial charge in [-0.1, -0.05) is 5.16 Å². The molecule has 1 aromatic heterocycles. The molecule has 2 rings (SSSR count). The highest BCUT2D eigenvalue weighted by Crippen LogP contribution is 2.22. The molecule has 19 heavy (non-hydrogen) atoms. The summed E-state index contributed by atoms with van der Waals surface area (Å²) in [7, 11) is 0.